The second-order valence-corrected chi connectivity index (χ2v) is 6.94. The Morgan fingerprint density at radius 3 is 2.48 bits per heavy atom. The summed E-state index contributed by atoms with van der Waals surface area (Å²) >= 11 is 1.20. The van der Waals surface area contributed by atoms with Gasteiger partial charge < -0.3 is 4.90 Å². The Balaban J connectivity index is 2.18. The number of thioether (sulfide) groups is 1. The van der Waals surface area contributed by atoms with Crippen molar-refractivity contribution in [2.75, 3.05) is 5.75 Å². The largest absolute Gasteiger partial charge is 0.355 e. The zero-order chi connectivity index (χ0) is 17.1. The lowest BCUT2D eigenvalue weighted by Crippen LogP contribution is -2.43. The third-order valence-electron chi connectivity index (χ3n) is 3.41. The van der Waals surface area contributed by atoms with Crippen LogP contribution in [-0.2, 0) is 4.79 Å². The molecule has 0 atom stereocenters. The molecule has 23 heavy (non-hydrogen) atoms. The van der Waals surface area contributed by atoms with Crippen LogP contribution in [0.15, 0.2) is 28.3 Å². The predicted molar refractivity (Wildman–Crippen MR) is 91.8 cm³/mol. The van der Waals surface area contributed by atoms with E-state index in [0.29, 0.717) is 10.8 Å². The Bertz CT molecular complexity index is 762. The molecule has 0 aromatic carbocycles. The first kappa shape index (κ1) is 17.5. The highest BCUT2D eigenvalue weighted by Gasteiger charge is 2.20. The highest BCUT2D eigenvalue weighted by atomic mass is 32.2. The Morgan fingerprint density at radius 2 is 1.87 bits per heavy atom. The molecule has 2 aromatic rings. The molecule has 0 saturated carbocycles. The minimum absolute atomic E-state index is 0.0210. The average molecular weight is 334 g/mol. The zero-order valence-electron chi connectivity index (χ0n) is 14.1. The molecule has 7 heteroatoms. The normalized spacial score (nSPS) is 11.4. The number of pyridine rings is 1. The van der Waals surface area contributed by atoms with Gasteiger partial charge in [0.15, 0.2) is 5.16 Å². The van der Waals surface area contributed by atoms with Gasteiger partial charge in [0.25, 0.3) is 0 Å². The van der Waals surface area contributed by atoms with Crippen LogP contribution in [0.4, 0.5) is 0 Å². The summed E-state index contributed by atoms with van der Waals surface area (Å²) in [7, 11) is 0. The summed E-state index contributed by atoms with van der Waals surface area (Å²) in [5.74, 6) is 0.241. The molecule has 124 valence electrons. The van der Waals surface area contributed by atoms with E-state index in [1.807, 2.05) is 45.6 Å². The number of carbonyl (C=O) groups is 1. The van der Waals surface area contributed by atoms with Crippen LogP contribution in [0.25, 0.3) is 5.65 Å². The first-order chi connectivity index (χ1) is 10.8. The minimum Gasteiger partial charge on any atom is -0.337 e. The van der Waals surface area contributed by atoms with E-state index in [1.165, 1.54) is 16.2 Å². The maximum atomic E-state index is 12.4. The van der Waals surface area contributed by atoms with Crippen molar-refractivity contribution < 1.29 is 4.79 Å². The first-order valence-electron chi connectivity index (χ1n) is 7.60. The van der Waals surface area contributed by atoms with E-state index in [-0.39, 0.29) is 29.4 Å². The summed E-state index contributed by atoms with van der Waals surface area (Å²) in [5.41, 5.74) is 1.12. The van der Waals surface area contributed by atoms with Crippen molar-refractivity contribution >= 4 is 23.3 Å². The molecule has 0 spiro atoms. The van der Waals surface area contributed by atoms with Crippen molar-refractivity contribution in [1.29, 1.82) is 0 Å². The van der Waals surface area contributed by atoms with Gasteiger partial charge in [0.05, 0.1) is 5.75 Å². The molecule has 0 unspecified atom stereocenters. The number of aryl methyl sites for hydroxylation is 1. The summed E-state index contributed by atoms with van der Waals surface area (Å²) in [4.78, 5) is 34.5. The van der Waals surface area contributed by atoms with E-state index in [0.717, 1.165) is 5.56 Å². The van der Waals surface area contributed by atoms with E-state index in [9.17, 15) is 9.59 Å². The number of rotatable bonds is 5. The Hall–Kier alpha value is -1.89. The first-order valence-corrected chi connectivity index (χ1v) is 8.59. The number of amides is 1. The van der Waals surface area contributed by atoms with Crippen molar-refractivity contribution in [3.05, 3.63) is 34.4 Å². The van der Waals surface area contributed by atoms with Crippen LogP contribution in [0.1, 0.15) is 33.3 Å². The van der Waals surface area contributed by atoms with Crippen LogP contribution in [0.2, 0.25) is 0 Å². The van der Waals surface area contributed by atoms with Gasteiger partial charge in [0, 0.05) is 18.3 Å². The summed E-state index contributed by atoms with van der Waals surface area (Å²) < 4.78 is 1.41. The maximum absolute atomic E-state index is 12.4. The van der Waals surface area contributed by atoms with Gasteiger partial charge in [0.1, 0.15) is 5.65 Å². The third kappa shape index (κ3) is 4.10. The molecule has 0 aliphatic heterocycles. The Labute approximate surface area is 139 Å². The molecule has 0 aliphatic rings. The maximum Gasteiger partial charge on any atom is 0.355 e. The van der Waals surface area contributed by atoms with Crippen molar-refractivity contribution in [3.8, 4) is 0 Å². The van der Waals surface area contributed by atoms with Gasteiger partial charge in [-0.15, -0.1) is 0 Å². The van der Waals surface area contributed by atoms with Gasteiger partial charge in [0.2, 0.25) is 5.91 Å². The van der Waals surface area contributed by atoms with Crippen LogP contribution >= 0.6 is 11.8 Å². The zero-order valence-corrected chi connectivity index (χ0v) is 14.9. The lowest BCUT2D eigenvalue weighted by molar-refractivity contribution is -0.131. The SMILES string of the molecule is Cc1ccc2nc(SCC(=O)N(C(C)C)C(C)C)nc(=O)n2c1. The molecule has 0 fully saturated rings. The molecule has 0 saturated heterocycles. The van der Waals surface area contributed by atoms with E-state index >= 15 is 0 Å². The third-order valence-corrected chi connectivity index (χ3v) is 4.24. The molecule has 2 rings (SSSR count). The summed E-state index contributed by atoms with van der Waals surface area (Å²) in [5, 5.41) is 0.333. The quantitative estimate of drug-likeness (QED) is 0.784. The van der Waals surface area contributed by atoms with E-state index in [4.69, 9.17) is 0 Å². The molecule has 0 N–H and O–H groups in total. The molecule has 1 amide bonds. The summed E-state index contributed by atoms with van der Waals surface area (Å²) in [6.07, 6.45) is 1.70. The number of aromatic nitrogens is 3. The summed E-state index contributed by atoms with van der Waals surface area (Å²) in [6, 6.07) is 3.93. The molecule has 0 radical (unpaired) electrons. The second-order valence-electron chi connectivity index (χ2n) is 6.00. The van der Waals surface area contributed by atoms with E-state index in [2.05, 4.69) is 9.97 Å². The minimum atomic E-state index is -0.377. The van der Waals surface area contributed by atoms with Crippen LogP contribution in [0.5, 0.6) is 0 Å². The van der Waals surface area contributed by atoms with Crippen LogP contribution < -0.4 is 5.69 Å². The highest BCUT2D eigenvalue weighted by molar-refractivity contribution is 7.99. The summed E-state index contributed by atoms with van der Waals surface area (Å²) in [6.45, 7) is 9.86. The lowest BCUT2D eigenvalue weighted by Gasteiger charge is -2.30. The molecular formula is C16H22N4O2S. The molecule has 6 nitrogen and oxygen atoms in total. The Kier molecular flexibility index (Phi) is 5.41. The van der Waals surface area contributed by atoms with Crippen molar-refractivity contribution in [2.45, 2.75) is 51.9 Å². The van der Waals surface area contributed by atoms with Gasteiger partial charge in [-0.2, -0.15) is 4.98 Å². The smallest absolute Gasteiger partial charge is 0.337 e. The number of hydrogen-bond donors (Lipinski definition) is 0. The average Bonchev–Trinajstić information content (AvgIpc) is 2.45. The number of fused-ring (bicyclic) bond motifs is 1. The molecule has 2 heterocycles. The molecule has 0 bridgehead atoms. The van der Waals surface area contributed by atoms with Gasteiger partial charge in [-0.3, -0.25) is 9.20 Å². The second kappa shape index (κ2) is 7.12. The number of carbonyl (C=O) groups excluding carboxylic acids is 1. The van der Waals surface area contributed by atoms with Crippen molar-refractivity contribution in [2.24, 2.45) is 0 Å². The standard InChI is InChI=1S/C16H22N4O2S/c1-10(2)20(11(3)4)14(21)9-23-15-17-13-7-6-12(5)8-19(13)16(22)18-15/h6-8,10-11H,9H2,1-5H3. The van der Waals surface area contributed by atoms with E-state index < -0.39 is 0 Å². The fourth-order valence-corrected chi connectivity index (χ4v) is 3.24. The topological polar surface area (TPSA) is 67.6 Å². The van der Waals surface area contributed by atoms with E-state index in [1.54, 1.807) is 12.3 Å². The highest BCUT2D eigenvalue weighted by Crippen LogP contribution is 2.15. The lowest BCUT2D eigenvalue weighted by atomic mass is 10.2. The van der Waals surface area contributed by atoms with Gasteiger partial charge in [-0.05, 0) is 46.2 Å². The van der Waals surface area contributed by atoms with Gasteiger partial charge >= 0.3 is 5.69 Å². The van der Waals surface area contributed by atoms with Crippen LogP contribution in [0, 0.1) is 6.92 Å². The monoisotopic (exact) mass is 334 g/mol. The molecule has 0 aliphatic carbocycles. The van der Waals surface area contributed by atoms with Crippen LogP contribution in [0.3, 0.4) is 0 Å². The Morgan fingerprint density at radius 1 is 1.22 bits per heavy atom. The number of hydrogen-bond acceptors (Lipinski definition) is 5. The van der Waals surface area contributed by atoms with Crippen LogP contribution in [-0.4, -0.2) is 43.0 Å². The van der Waals surface area contributed by atoms with Gasteiger partial charge in [-0.1, -0.05) is 17.8 Å². The predicted octanol–water partition coefficient (Wildman–Crippen LogP) is 2.14. The van der Waals surface area contributed by atoms with Crippen molar-refractivity contribution in [1.82, 2.24) is 19.3 Å². The molecule has 2 aromatic heterocycles. The fraction of sp³-hybridized carbons (Fsp3) is 0.500. The molecular weight excluding hydrogens is 312 g/mol. The van der Waals surface area contributed by atoms with Gasteiger partial charge in [-0.25, -0.2) is 9.78 Å². The fourth-order valence-electron chi connectivity index (χ4n) is 2.54. The van der Waals surface area contributed by atoms with Crippen molar-refractivity contribution in [3.63, 3.8) is 0 Å². The number of nitrogens with zero attached hydrogens (tertiary/aromatic N) is 4.